The van der Waals surface area contributed by atoms with Crippen molar-refractivity contribution < 1.29 is 13.2 Å². The first-order chi connectivity index (χ1) is 12.9. The van der Waals surface area contributed by atoms with Gasteiger partial charge in [0.25, 0.3) is 0 Å². The monoisotopic (exact) mass is 367 g/mol. The molecule has 0 aliphatic carbocycles. The number of hydrogen-bond acceptors (Lipinski definition) is 3. The van der Waals surface area contributed by atoms with Crippen LogP contribution in [0.4, 0.5) is 19.0 Å². The molecular formula is C21H16F3N3. The summed E-state index contributed by atoms with van der Waals surface area (Å²) in [7, 11) is 0. The van der Waals surface area contributed by atoms with Gasteiger partial charge in [-0.05, 0) is 23.6 Å². The van der Waals surface area contributed by atoms with Gasteiger partial charge in [-0.3, -0.25) is 0 Å². The molecule has 136 valence electrons. The highest BCUT2D eigenvalue weighted by Crippen LogP contribution is 2.42. The summed E-state index contributed by atoms with van der Waals surface area (Å²) in [5.41, 5.74) is 7.04. The molecule has 1 aromatic heterocycles. The lowest BCUT2D eigenvalue weighted by molar-refractivity contribution is -0.137. The van der Waals surface area contributed by atoms with Gasteiger partial charge in [-0.25, -0.2) is 4.98 Å². The first-order valence-electron chi connectivity index (χ1n) is 8.33. The van der Waals surface area contributed by atoms with Crippen LogP contribution in [0.15, 0.2) is 54.6 Å². The second-order valence-corrected chi connectivity index (χ2v) is 5.95. The minimum Gasteiger partial charge on any atom is -0.383 e. The predicted octanol–water partition coefficient (Wildman–Crippen LogP) is 5.45. The average Bonchev–Trinajstić information content (AvgIpc) is 2.67. The summed E-state index contributed by atoms with van der Waals surface area (Å²) in [6.07, 6.45) is -4.16. The van der Waals surface area contributed by atoms with Gasteiger partial charge in [0.05, 0.1) is 11.3 Å². The highest BCUT2D eigenvalue weighted by molar-refractivity contribution is 5.86. The van der Waals surface area contributed by atoms with Crippen LogP contribution < -0.4 is 5.73 Å². The van der Waals surface area contributed by atoms with Crippen LogP contribution in [0.5, 0.6) is 0 Å². The third-order valence-corrected chi connectivity index (χ3v) is 4.34. The van der Waals surface area contributed by atoms with Crippen molar-refractivity contribution in [2.24, 2.45) is 0 Å². The number of aromatic nitrogens is 1. The SMILES string of the molecule is CCc1c(-c2ccccc2)nc(N)c(C#N)c1-c1ccccc1C(F)(F)F. The Hall–Kier alpha value is -3.33. The molecule has 1 heterocycles. The van der Waals surface area contributed by atoms with Crippen molar-refractivity contribution in [3.05, 3.63) is 71.3 Å². The standard InChI is InChI=1S/C21H16F3N3/c1-2-14-18(15-10-6-7-11-17(15)21(22,23)24)16(12-25)20(26)27-19(14)13-8-4-3-5-9-13/h3-11H,2H2,1H3,(H2,26,27). The number of halogens is 3. The third-order valence-electron chi connectivity index (χ3n) is 4.34. The summed E-state index contributed by atoms with van der Waals surface area (Å²) in [5.74, 6) is -0.0828. The van der Waals surface area contributed by atoms with Gasteiger partial charge in [0, 0.05) is 11.1 Å². The molecule has 3 aromatic rings. The predicted molar refractivity (Wildman–Crippen MR) is 98.6 cm³/mol. The van der Waals surface area contributed by atoms with Crippen LogP contribution in [0.3, 0.4) is 0 Å². The van der Waals surface area contributed by atoms with E-state index in [2.05, 4.69) is 4.98 Å². The fourth-order valence-electron chi connectivity index (χ4n) is 3.18. The summed E-state index contributed by atoms with van der Waals surface area (Å²) in [4.78, 5) is 4.34. The van der Waals surface area contributed by atoms with Crippen LogP contribution in [-0.2, 0) is 12.6 Å². The Bertz CT molecular complexity index is 1020. The second kappa shape index (κ2) is 7.12. The van der Waals surface area contributed by atoms with Crippen LogP contribution >= 0.6 is 0 Å². The number of benzene rings is 2. The molecule has 0 spiro atoms. The van der Waals surface area contributed by atoms with Gasteiger partial charge < -0.3 is 5.73 Å². The van der Waals surface area contributed by atoms with E-state index in [-0.39, 0.29) is 22.5 Å². The molecule has 0 amide bonds. The number of hydrogen-bond donors (Lipinski definition) is 1. The number of nitrogens with zero attached hydrogens (tertiary/aromatic N) is 2. The zero-order valence-corrected chi connectivity index (χ0v) is 14.5. The summed E-state index contributed by atoms with van der Waals surface area (Å²) >= 11 is 0. The van der Waals surface area contributed by atoms with Gasteiger partial charge in [-0.2, -0.15) is 18.4 Å². The molecule has 3 nitrogen and oxygen atoms in total. The Kier molecular flexibility index (Phi) is 4.87. The van der Waals surface area contributed by atoms with Crippen LogP contribution in [0.2, 0.25) is 0 Å². The van der Waals surface area contributed by atoms with Gasteiger partial charge in [-0.1, -0.05) is 55.5 Å². The molecule has 0 unspecified atom stereocenters. The van der Waals surface area contributed by atoms with E-state index in [0.29, 0.717) is 17.7 Å². The summed E-state index contributed by atoms with van der Waals surface area (Å²) in [5, 5.41) is 9.58. The lowest BCUT2D eigenvalue weighted by Gasteiger charge is -2.20. The molecule has 2 aromatic carbocycles. The van der Waals surface area contributed by atoms with Crippen LogP contribution in [0, 0.1) is 11.3 Å². The van der Waals surface area contributed by atoms with E-state index in [1.54, 1.807) is 0 Å². The molecular weight excluding hydrogens is 351 g/mol. The van der Waals surface area contributed by atoms with Crippen LogP contribution in [0.25, 0.3) is 22.4 Å². The quantitative estimate of drug-likeness (QED) is 0.669. The maximum absolute atomic E-state index is 13.6. The Morgan fingerprint density at radius 3 is 2.26 bits per heavy atom. The molecule has 0 aliphatic heterocycles. The molecule has 3 rings (SSSR count). The molecule has 0 saturated carbocycles. The molecule has 0 radical (unpaired) electrons. The average molecular weight is 367 g/mol. The number of alkyl halides is 3. The van der Waals surface area contributed by atoms with E-state index in [4.69, 9.17) is 5.73 Å². The van der Waals surface area contributed by atoms with Crippen LogP contribution in [-0.4, -0.2) is 4.98 Å². The van der Waals surface area contributed by atoms with E-state index >= 15 is 0 Å². The fourth-order valence-corrected chi connectivity index (χ4v) is 3.18. The first kappa shape index (κ1) is 18.5. The minimum atomic E-state index is -4.56. The van der Waals surface area contributed by atoms with Crippen molar-refractivity contribution in [2.45, 2.75) is 19.5 Å². The number of pyridine rings is 1. The normalized spacial score (nSPS) is 11.2. The zero-order chi connectivity index (χ0) is 19.6. The Labute approximate surface area is 154 Å². The maximum Gasteiger partial charge on any atom is 0.417 e. The molecule has 0 aliphatic rings. The third kappa shape index (κ3) is 3.36. The fraction of sp³-hybridized carbons (Fsp3) is 0.143. The lowest BCUT2D eigenvalue weighted by Crippen LogP contribution is -2.10. The maximum atomic E-state index is 13.6. The molecule has 0 fully saturated rings. The van der Waals surface area contributed by atoms with E-state index in [1.807, 2.05) is 43.3 Å². The minimum absolute atomic E-state index is 0.0387. The zero-order valence-electron chi connectivity index (χ0n) is 14.5. The van der Waals surface area contributed by atoms with Gasteiger partial charge in [0.15, 0.2) is 0 Å². The van der Waals surface area contributed by atoms with Crippen molar-refractivity contribution in [1.29, 1.82) is 5.26 Å². The highest BCUT2D eigenvalue weighted by Gasteiger charge is 2.35. The molecule has 0 atom stereocenters. The van der Waals surface area contributed by atoms with Crippen molar-refractivity contribution in [1.82, 2.24) is 4.98 Å². The van der Waals surface area contributed by atoms with Gasteiger partial charge in [0.1, 0.15) is 17.5 Å². The van der Waals surface area contributed by atoms with E-state index in [0.717, 1.165) is 11.6 Å². The molecule has 0 bridgehead atoms. The topological polar surface area (TPSA) is 62.7 Å². The number of nitrogen functional groups attached to an aromatic ring is 1. The largest absolute Gasteiger partial charge is 0.417 e. The summed E-state index contributed by atoms with van der Waals surface area (Å²) < 4.78 is 40.8. The van der Waals surface area contributed by atoms with Crippen molar-refractivity contribution in [3.63, 3.8) is 0 Å². The molecule has 6 heteroatoms. The van der Waals surface area contributed by atoms with Crippen molar-refractivity contribution in [3.8, 4) is 28.5 Å². The molecule has 0 saturated heterocycles. The van der Waals surface area contributed by atoms with E-state index in [1.165, 1.54) is 18.2 Å². The van der Waals surface area contributed by atoms with Gasteiger partial charge in [-0.15, -0.1) is 0 Å². The van der Waals surface area contributed by atoms with Crippen molar-refractivity contribution >= 4 is 5.82 Å². The second-order valence-electron chi connectivity index (χ2n) is 5.95. The number of anilines is 1. The molecule has 27 heavy (non-hydrogen) atoms. The van der Waals surface area contributed by atoms with Crippen LogP contribution in [0.1, 0.15) is 23.6 Å². The van der Waals surface area contributed by atoms with Gasteiger partial charge >= 0.3 is 6.18 Å². The highest BCUT2D eigenvalue weighted by atomic mass is 19.4. The lowest BCUT2D eigenvalue weighted by atomic mass is 9.88. The van der Waals surface area contributed by atoms with E-state index in [9.17, 15) is 18.4 Å². The Balaban J connectivity index is 2.44. The summed E-state index contributed by atoms with van der Waals surface area (Å²) in [6.45, 7) is 1.82. The summed E-state index contributed by atoms with van der Waals surface area (Å²) in [6, 6.07) is 16.2. The Morgan fingerprint density at radius 2 is 1.67 bits per heavy atom. The first-order valence-corrected chi connectivity index (χ1v) is 8.33. The van der Waals surface area contributed by atoms with E-state index < -0.39 is 11.7 Å². The smallest absolute Gasteiger partial charge is 0.383 e. The Morgan fingerprint density at radius 1 is 1.04 bits per heavy atom. The number of nitriles is 1. The number of rotatable bonds is 3. The number of nitrogens with two attached hydrogens (primary N) is 1. The van der Waals surface area contributed by atoms with Gasteiger partial charge in [0.2, 0.25) is 0 Å². The molecule has 2 N–H and O–H groups in total. The van der Waals surface area contributed by atoms with Crippen molar-refractivity contribution in [2.75, 3.05) is 5.73 Å².